The first-order valence-corrected chi connectivity index (χ1v) is 5.76. The molecule has 1 heterocycles. The number of amides is 1. The first-order valence-electron chi connectivity index (χ1n) is 5.76. The fourth-order valence-electron chi connectivity index (χ4n) is 2.09. The van der Waals surface area contributed by atoms with Crippen LogP contribution in [0.2, 0.25) is 0 Å². The van der Waals surface area contributed by atoms with Gasteiger partial charge in [0.05, 0.1) is 17.5 Å². The number of carboxylic acid groups (broad SMARTS) is 1. The second-order valence-electron chi connectivity index (χ2n) is 4.70. The lowest BCUT2D eigenvalue weighted by Crippen LogP contribution is -2.12. The fourth-order valence-corrected chi connectivity index (χ4v) is 2.09. The molecular weight excluding hydrogens is 237 g/mol. The molecule has 0 aliphatic carbocycles. The Labute approximate surface area is 104 Å². The lowest BCUT2D eigenvalue weighted by atomic mass is 9.95. The van der Waals surface area contributed by atoms with Gasteiger partial charge < -0.3 is 10.4 Å². The van der Waals surface area contributed by atoms with Crippen molar-refractivity contribution in [1.29, 1.82) is 0 Å². The number of carbonyl (C=O) groups is 2. The highest BCUT2D eigenvalue weighted by atomic mass is 19.1. The number of aliphatic carboxylic acids is 1. The molecule has 0 radical (unpaired) electrons. The molecule has 0 spiro atoms. The Morgan fingerprint density at radius 1 is 1.56 bits per heavy atom. The standard InChI is InChI=1S/C13H14FNO3/c1-6(13(17)18)3-8-4-9-7(2)12(16)15-11(9)10(14)5-8/h4-7H,3H2,1-2H3,(H,15,16)(H,17,18). The minimum absolute atomic E-state index is 0.222. The largest absolute Gasteiger partial charge is 0.481 e. The Kier molecular flexibility index (Phi) is 3.07. The van der Waals surface area contributed by atoms with Gasteiger partial charge in [-0.25, -0.2) is 4.39 Å². The Balaban J connectivity index is 2.34. The number of hydrogen-bond acceptors (Lipinski definition) is 2. The summed E-state index contributed by atoms with van der Waals surface area (Å²) in [5.41, 5.74) is 1.43. The molecule has 4 nitrogen and oxygen atoms in total. The second kappa shape index (κ2) is 4.40. The van der Waals surface area contributed by atoms with Crippen molar-refractivity contribution in [3.63, 3.8) is 0 Å². The summed E-state index contributed by atoms with van der Waals surface area (Å²) in [5, 5.41) is 11.3. The van der Waals surface area contributed by atoms with Crippen LogP contribution in [0.3, 0.4) is 0 Å². The van der Waals surface area contributed by atoms with Gasteiger partial charge in [-0.2, -0.15) is 0 Å². The number of fused-ring (bicyclic) bond motifs is 1. The van der Waals surface area contributed by atoms with Crippen molar-refractivity contribution < 1.29 is 19.1 Å². The quantitative estimate of drug-likeness (QED) is 0.865. The zero-order valence-electron chi connectivity index (χ0n) is 10.2. The number of anilines is 1. The summed E-state index contributed by atoms with van der Waals surface area (Å²) in [6, 6.07) is 3.00. The van der Waals surface area contributed by atoms with Crippen LogP contribution in [0.4, 0.5) is 10.1 Å². The van der Waals surface area contributed by atoms with Crippen LogP contribution in [0.1, 0.15) is 30.9 Å². The summed E-state index contributed by atoms with van der Waals surface area (Å²) < 4.78 is 13.8. The number of rotatable bonds is 3. The Hall–Kier alpha value is -1.91. The molecule has 2 N–H and O–H groups in total. The van der Waals surface area contributed by atoms with Crippen molar-refractivity contribution in [2.45, 2.75) is 26.2 Å². The molecule has 1 aliphatic rings. The molecule has 0 aromatic heterocycles. The molecule has 2 atom stereocenters. The third-order valence-electron chi connectivity index (χ3n) is 3.25. The monoisotopic (exact) mass is 251 g/mol. The van der Waals surface area contributed by atoms with E-state index in [9.17, 15) is 14.0 Å². The smallest absolute Gasteiger partial charge is 0.306 e. The topological polar surface area (TPSA) is 66.4 Å². The van der Waals surface area contributed by atoms with Crippen molar-refractivity contribution >= 4 is 17.6 Å². The summed E-state index contributed by atoms with van der Waals surface area (Å²) in [6.45, 7) is 3.27. The third-order valence-corrected chi connectivity index (χ3v) is 3.25. The SMILES string of the molecule is CC(Cc1cc(F)c2c(c1)C(C)C(=O)N2)C(=O)O. The van der Waals surface area contributed by atoms with E-state index in [0.717, 1.165) is 0 Å². The van der Waals surface area contributed by atoms with E-state index in [0.29, 0.717) is 11.1 Å². The summed E-state index contributed by atoms with van der Waals surface area (Å²) in [6.07, 6.45) is 0.250. The highest BCUT2D eigenvalue weighted by Crippen LogP contribution is 2.35. The number of benzene rings is 1. The normalized spacial score (nSPS) is 19.3. The van der Waals surface area contributed by atoms with Crippen LogP contribution in [0.5, 0.6) is 0 Å². The van der Waals surface area contributed by atoms with E-state index >= 15 is 0 Å². The summed E-state index contributed by atoms with van der Waals surface area (Å²) in [4.78, 5) is 22.2. The van der Waals surface area contributed by atoms with Crippen LogP contribution < -0.4 is 5.32 Å². The molecule has 0 bridgehead atoms. The van der Waals surface area contributed by atoms with Gasteiger partial charge in [0.25, 0.3) is 0 Å². The zero-order chi connectivity index (χ0) is 13.4. The van der Waals surface area contributed by atoms with Crippen molar-refractivity contribution in [3.05, 3.63) is 29.1 Å². The number of nitrogens with one attached hydrogen (secondary N) is 1. The highest BCUT2D eigenvalue weighted by Gasteiger charge is 2.29. The van der Waals surface area contributed by atoms with Crippen LogP contribution in [-0.4, -0.2) is 17.0 Å². The molecule has 1 amide bonds. The molecule has 2 unspecified atom stereocenters. The van der Waals surface area contributed by atoms with E-state index in [2.05, 4.69) is 5.32 Å². The fraction of sp³-hybridized carbons (Fsp3) is 0.385. The summed E-state index contributed by atoms with van der Waals surface area (Å²) in [7, 11) is 0. The number of halogens is 1. The molecule has 0 fully saturated rings. The van der Waals surface area contributed by atoms with Gasteiger partial charge in [-0.3, -0.25) is 9.59 Å². The molecule has 0 saturated heterocycles. The predicted octanol–water partition coefficient (Wildman–Crippen LogP) is 2.14. The highest BCUT2D eigenvalue weighted by molar-refractivity contribution is 6.02. The summed E-state index contributed by atoms with van der Waals surface area (Å²) >= 11 is 0. The Morgan fingerprint density at radius 3 is 2.83 bits per heavy atom. The molecule has 5 heteroatoms. The van der Waals surface area contributed by atoms with E-state index in [1.165, 1.54) is 6.07 Å². The van der Waals surface area contributed by atoms with Crippen LogP contribution >= 0.6 is 0 Å². The van der Waals surface area contributed by atoms with Crippen LogP contribution in [0, 0.1) is 11.7 Å². The van der Waals surface area contributed by atoms with Gasteiger partial charge >= 0.3 is 5.97 Å². The maximum Gasteiger partial charge on any atom is 0.306 e. The second-order valence-corrected chi connectivity index (χ2v) is 4.70. The van der Waals surface area contributed by atoms with E-state index in [4.69, 9.17) is 5.11 Å². The molecule has 96 valence electrons. The number of hydrogen-bond donors (Lipinski definition) is 2. The van der Waals surface area contributed by atoms with Crippen LogP contribution in [0.15, 0.2) is 12.1 Å². The number of carboxylic acids is 1. The van der Waals surface area contributed by atoms with E-state index < -0.39 is 23.6 Å². The lowest BCUT2D eigenvalue weighted by molar-refractivity contribution is -0.141. The number of carbonyl (C=O) groups excluding carboxylic acids is 1. The van der Waals surface area contributed by atoms with Crippen molar-refractivity contribution in [2.75, 3.05) is 5.32 Å². The Morgan fingerprint density at radius 2 is 2.22 bits per heavy atom. The lowest BCUT2D eigenvalue weighted by Gasteiger charge is -2.09. The van der Waals surface area contributed by atoms with Crippen molar-refractivity contribution in [2.24, 2.45) is 5.92 Å². The summed E-state index contributed by atoms with van der Waals surface area (Å²) in [5.74, 6) is -2.62. The minimum atomic E-state index is -0.918. The van der Waals surface area contributed by atoms with Crippen molar-refractivity contribution in [1.82, 2.24) is 0 Å². The van der Waals surface area contributed by atoms with Crippen molar-refractivity contribution in [3.8, 4) is 0 Å². The molecule has 1 aliphatic heterocycles. The molecular formula is C13H14FNO3. The van der Waals surface area contributed by atoms with E-state index in [1.54, 1.807) is 19.9 Å². The van der Waals surface area contributed by atoms with Crippen LogP contribution in [-0.2, 0) is 16.0 Å². The van der Waals surface area contributed by atoms with Gasteiger partial charge in [0, 0.05) is 0 Å². The molecule has 18 heavy (non-hydrogen) atoms. The van der Waals surface area contributed by atoms with Gasteiger partial charge in [0.2, 0.25) is 5.91 Å². The van der Waals surface area contributed by atoms with Gasteiger partial charge in [0.15, 0.2) is 0 Å². The zero-order valence-corrected chi connectivity index (χ0v) is 10.2. The average molecular weight is 251 g/mol. The molecule has 2 rings (SSSR count). The maximum absolute atomic E-state index is 13.8. The predicted molar refractivity (Wildman–Crippen MR) is 63.9 cm³/mol. The van der Waals surface area contributed by atoms with Gasteiger partial charge in [-0.1, -0.05) is 13.0 Å². The maximum atomic E-state index is 13.8. The first kappa shape index (κ1) is 12.5. The van der Waals surface area contributed by atoms with Crippen LogP contribution in [0.25, 0.3) is 0 Å². The molecule has 0 saturated carbocycles. The molecule has 1 aromatic carbocycles. The first-order chi connectivity index (χ1) is 8.40. The van der Waals surface area contributed by atoms with Gasteiger partial charge in [0.1, 0.15) is 5.82 Å². The molecule has 1 aromatic rings. The minimum Gasteiger partial charge on any atom is -0.481 e. The average Bonchev–Trinajstić information content (AvgIpc) is 2.57. The van der Waals surface area contributed by atoms with Gasteiger partial charge in [-0.05, 0) is 30.5 Å². The third kappa shape index (κ3) is 2.08. The van der Waals surface area contributed by atoms with Gasteiger partial charge in [-0.15, -0.1) is 0 Å². The van der Waals surface area contributed by atoms with E-state index in [1.807, 2.05) is 0 Å². The Bertz CT molecular complexity index is 527. The van der Waals surface area contributed by atoms with E-state index in [-0.39, 0.29) is 18.0 Å².